The van der Waals surface area contributed by atoms with Gasteiger partial charge in [-0.1, -0.05) is 84.9 Å². The average molecular weight is 561 g/mol. The highest BCUT2D eigenvalue weighted by Gasteiger charge is 2.24. The van der Waals surface area contributed by atoms with Gasteiger partial charge in [-0.05, 0) is 59.3 Å². The van der Waals surface area contributed by atoms with Crippen molar-refractivity contribution in [3.05, 3.63) is 146 Å². The topological polar surface area (TPSA) is 35.6 Å². The summed E-state index contributed by atoms with van der Waals surface area (Å²) in [5.41, 5.74) is 7.72. The molecule has 4 aromatic heterocycles. The van der Waals surface area contributed by atoms with E-state index in [0.29, 0.717) is 0 Å². The van der Waals surface area contributed by atoms with Crippen molar-refractivity contribution in [1.29, 1.82) is 0 Å². The first-order valence-electron chi connectivity index (χ1n) is 14.9. The van der Waals surface area contributed by atoms with Crippen molar-refractivity contribution in [2.45, 2.75) is 0 Å². The second kappa shape index (κ2) is 8.76. The molecule has 0 saturated heterocycles. The van der Waals surface area contributed by atoms with Crippen LogP contribution in [0.1, 0.15) is 0 Å². The molecule has 0 bridgehead atoms. The van der Waals surface area contributed by atoms with E-state index < -0.39 is 0 Å². The van der Waals surface area contributed by atoms with Crippen LogP contribution in [0.15, 0.2) is 146 Å². The Morgan fingerprint density at radius 2 is 0.795 bits per heavy atom. The fourth-order valence-electron chi connectivity index (χ4n) is 7.34. The first-order valence-corrected chi connectivity index (χ1v) is 14.9. The van der Waals surface area contributed by atoms with Gasteiger partial charge in [-0.3, -0.25) is 19.1 Å². The molecule has 4 heterocycles. The zero-order chi connectivity index (χ0) is 28.8. The molecule has 0 aliphatic rings. The lowest BCUT2D eigenvalue weighted by Gasteiger charge is -2.17. The quantitative estimate of drug-likeness (QED) is 0.197. The first-order chi connectivity index (χ1) is 21.9. The molecule has 44 heavy (non-hydrogen) atoms. The number of rotatable bonds is 2. The molecule has 0 amide bonds. The number of para-hydroxylation sites is 2. The molecule has 0 atom stereocenters. The van der Waals surface area contributed by atoms with Crippen LogP contribution in [-0.2, 0) is 0 Å². The van der Waals surface area contributed by atoms with Crippen LogP contribution in [0.2, 0.25) is 0 Å². The zero-order valence-electron chi connectivity index (χ0n) is 23.6. The first kappa shape index (κ1) is 23.6. The predicted molar refractivity (Wildman–Crippen MR) is 183 cm³/mol. The molecular formula is C40H24N4. The smallest absolute Gasteiger partial charge is 0.131 e. The van der Waals surface area contributed by atoms with Crippen molar-refractivity contribution in [3.63, 3.8) is 0 Å². The third kappa shape index (κ3) is 3.06. The lowest BCUT2D eigenvalue weighted by atomic mass is 10.0. The van der Waals surface area contributed by atoms with Crippen LogP contribution >= 0.6 is 0 Å². The van der Waals surface area contributed by atoms with E-state index in [2.05, 4.69) is 130 Å². The Morgan fingerprint density at radius 3 is 1.30 bits per heavy atom. The standard InChI is InChI=1S/C40H24N4/c1-3-13-27-25(11-1)23-35(31-17-9-21-41-38(27)31)43-33-19-7-5-15-29(33)37-30-16-6-8-20-34(30)44(40(37)43)36-24-26-12-2-4-14-28(26)39-32(36)18-10-22-42-39/h1-24H. The number of fused-ring (bicyclic) bond motifs is 11. The van der Waals surface area contributed by atoms with Crippen LogP contribution in [0.4, 0.5) is 0 Å². The lowest BCUT2D eigenvalue weighted by Crippen LogP contribution is -2.04. The molecule has 10 rings (SSSR count). The Bertz CT molecular complexity index is 2590. The number of hydrogen-bond acceptors (Lipinski definition) is 2. The van der Waals surface area contributed by atoms with Gasteiger partial charge in [-0.2, -0.15) is 0 Å². The molecule has 0 unspecified atom stereocenters. The molecule has 0 fully saturated rings. The second-order valence-electron chi connectivity index (χ2n) is 11.4. The van der Waals surface area contributed by atoms with E-state index in [1.165, 1.54) is 38.0 Å². The maximum atomic E-state index is 4.91. The third-order valence-electron chi connectivity index (χ3n) is 9.14. The molecule has 4 nitrogen and oxygen atoms in total. The normalized spacial score (nSPS) is 12.1. The summed E-state index contributed by atoms with van der Waals surface area (Å²) in [6.45, 7) is 0. The van der Waals surface area contributed by atoms with Crippen molar-refractivity contribution >= 4 is 76.2 Å². The van der Waals surface area contributed by atoms with Gasteiger partial charge in [-0.15, -0.1) is 0 Å². The minimum absolute atomic E-state index is 1.01. The van der Waals surface area contributed by atoms with Crippen molar-refractivity contribution < 1.29 is 0 Å². The minimum Gasteiger partial charge on any atom is -0.294 e. The van der Waals surface area contributed by atoms with E-state index in [9.17, 15) is 0 Å². The monoisotopic (exact) mass is 560 g/mol. The van der Waals surface area contributed by atoms with Crippen molar-refractivity contribution in [2.24, 2.45) is 0 Å². The van der Waals surface area contributed by atoms with Gasteiger partial charge >= 0.3 is 0 Å². The SMILES string of the molecule is c1ccc2c(c1)cc(-n1c3ccccc3c3c4ccccc4n(-c4cc5ccccc5c5ncccc45)c31)c1cccnc12. The van der Waals surface area contributed by atoms with E-state index in [1.54, 1.807) is 0 Å². The highest BCUT2D eigenvalue weighted by molar-refractivity contribution is 6.24. The average Bonchev–Trinajstić information content (AvgIpc) is 3.60. The fraction of sp³-hybridized carbons (Fsp3) is 0. The van der Waals surface area contributed by atoms with Gasteiger partial charge in [0, 0.05) is 50.1 Å². The van der Waals surface area contributed by atoms with Crippen molar-refractivity contribution in [1.82, 2.24) is 19.1 Å². The summed E-state index contributed by atoms with van der Waals surface area (Å²) in [5, 5.41) is 10.6. The largest absolute Gasteiger partial charge is 0.294 e. The van der Waals surface area contributed by atoms with Crippen molar-refractivity contribution in [2.75, 3.05) is 0 Å². The van der Waals surface area contributed by atoms with Crippen LogP contribution in [-0.4, -0.2) is 19.1 Å². The fourth-order valence-corrected chi connectivity index (χ4v) is 7.34. The summed E-state index contributed by atoms with van der Waals surface area (Å²) < 4.78 is 4.91. The Hall–Kier alpha value is -6.00. The van der Waals surface area contributed by atoms with Crippen LogP contribution in [0.25, 0.3) is 87.6 Å². The molecule has 0 aliphatic carbocycles. The third-order valence-corrected chi connectivity index (χ3v) is 9.14. The maximum absolute atomic E-state index is 4.91. The summed E-state index contributed by atoms with van der Waals surface area (Å²) in [7, 11) is 0. The molecule has 0 N–H and O–H groups in total. The molecule has 204 valence electrons. The molecule has 0 radical (unpaired) electrons. The van der Waals surface area contributed by atoms with Gasteiger partial charge < -0.3 is 0 Å². The van der Waals surface area contributed by atoms with Crippen molar-refractivity contribution in [3.8, 4) is 11.4 Å². The number of nitrogens with zero attached hydrogens (tertiary/aromatic N) is 4. The van der Waals surface area contributed by atoms with E-state index in [0.717, 1.165) is 49.6 Å². The lowest BCUT2D eigenvalue weighted by molar-refractivity contribution is 1.08. The Balaban J connectivity index is 1.48. The zero-order valence-corrected chi connectivity index (χ0v) is 23.6. The predicted octanol–water partition coefficient (Wildman–Crippen LogP) is 10.1. The summed E-state index contributed by atoms with van der Waals surface area (Å²) in [4.78, 5) is 9.82. The van der Waals surface area contributed by atoms with Gasteiger partial charge in [0.15, 0.2) is 0 Å². The minimum atomic E-state index is 1.01. The molecule has 0 aliphatic heterocycles. The van der Waals surface area contributed by atoms with Crippen LogP contribution in [0, 0.1) is 0 Å². The molecular weight excluding hydrogens is 536 g/mol. The highest BCUT2D eigenvalue weighted by atomic mass is 15.1. The summed E-state index contributed by atoms with van der Waals surface area (Å²) in [5.74, 6) is 0. The number of aromatic nitrogens is 4. The second-order valence-corrected chi connectivity index (χ2v) is 11.4. The van der Waals surface area contributed by atoms with E-state index >= 15 is 0 Å². The molecule has 6 aromatic carbocycles. The Labute approximate surface area is 252 Å². The van der Waals surface area contributed by atoms with Gasteiger partial charge in [0.25, 0.3) is 0 Å². The van der Waals surface area contributed by atoms with Crippen LogP contribution < -0.4 is 0 Å². The van der Waals surface area contributed by atoms with E-state index in [-0.39, 0.29) is 0 Å². The Morgan fingerprint density at radius 1 is 0.386 bits per heavy atom. The molecule has 0 spiro atoms. The Kier molecular flexibility index (Phi) is 4.69. The van der Waals surface area contributed by atoms with Gasteiger partial charge in [0.05, 0.1) is 33.4 Å². The maximum Gasteiger partial charge on any atom is 0.131 e. The number of benzene rings is 6. The molecule has 4 heteroatoms. The number of hydrogen-bond donors (Lipinski definition) is 0. The van der Waals surface area contributed by atoms with E-state index in [4.69, 9.17) is 9.97 Å². The highest BCUT2D eigenvalue weighted by Crippen LogP contribution is 2.44. The van der Waals surface area contributed by atoms with Gasteiger partial charge in [0.2, 0.25) is 0 Å². The van der Waals surface area contributed by atoms with Crippen LogP contribution in [0.5, 0.6) is 0 Å². The van der Waals surface area contributed by atoms with Gasteiger partial charge in [0.1, 0.15) is 5.65 Å². The molecule has 0 saturated carbocycles. The van der Waals surface area contributed by atoms with E-state index in [1.807, 2.05) is 24.5 Å². The number of pyridine rings is 2. The summed E-state index contributed by atoms with van der Waals surface area (Å²) in [6.07, 6.45) is 3.79. The molecule has 10 aromatic rings. The summed E-state index contributed by atoms with van der Waals surface area (Å²) >= 11 is 0. The summed E-state index contributed by atoms with van der Waals surface area (Å²) in [6, 6.07) is 47.8. The van der Waals surface area contributed by atoms with Crippen LogP contribution in [0.3, 0.4) is 0 Å². The van der Waals surface area contributed by atoms with Gasteiger partial charge in [-0.25, -0.2) is 0 Å².